The second-order valence-corrected chi connectivity index (χ2v) is 5.06. The minimum absolute atomic E-state index is 0.0762. The van der Waals surface area contributed by atoms with Gasteiger partial charge in [-0.05, 0) is 39.7 Å². The summed E-state index contributed by atoms with van der Waals surface area (Å²) in [6.45, 7) is 10.5. The molecule has 1 atom stereocenters. The van der Waals surface area contributed by atoms with E-state index in [-0.39, 0.29) is 12.1 Å². The maximum absolute atomic E-state index is 6.24. The second-order valence-electron chi connectivity index (χ2n) is 5.06. The molecular weight excluding hydrogens is 210 g/mol. The van der Waals surface area contributed by atoms with Crippen LogP contribution in [0.2, 0.25) is 0 Å². The maximum Gasteiger partial charge on any atom is 0.127 e. The second kappa shape index (κ2) is 6.06. The summed E-state index contributed by atoms with van der Waals surface area (Å²) in [7, 11) is 0. The van der Waals surface area contributed by atoms with Crippen molar-refractivity contribution in [2.24, 2.45) is 5.73 Å². The van der Waals surface area contributed by atoms with E-state index in [9.17, 15) is 0 Å². The molecule has 2 nitrogen and oxygen atoms in total. The van der Waals surface area contributed by atoms with E-state index >= 15 is 0 Å². The Morgan fingerprint density at radius 2 is 1.88 bits per heavy atom. The topological polar surface area (TPSA) is 35.2 Å². The molecule has 17 heavy (non-hydrogen) atoms. The highest BCUT2D eigenvalue weighted by Crippen LogP contribution is 2.32. The third kappa shape index (κ3) is 3.74. The normalized spacial score (nSPS) is 12.9. The van der Waals surface area contributed by atoms with Crippen molar-refractivity contribution in [1.82, 2.24) is 0 Å². The number of rotatable bonds is 5. The van der Waals surface area contributed by atoms with E-state index in [4.69, 9.17) is 10.5 Å². The van der Waals surface area contributed by atoms with Gasteiger partial charge in [0.1, 0.15) is 5.75 Å². The highest BCUT2D eigenvalue weighted by atomic mass is 16.5. The number of aryl methyl sites for hydroxylation is 2. The van der Waals surface area contributed by atoms with Crippen molar-refractivity contribution in [3.63, 3.8) is 0 Å². The zero-order valence-corrected chi connectivity index (χ0v) is 11.7. The van der Waals surface area contributed by atoms with Crippen molar-refractivity contribution in [3.8, 4) is 5.75 Å². The predicted molar refractivity (Wildman–Crippen MR) is 73.5 cm³/mol. The molecule has 0 aliphatic heterocycles. The summed E-state index contributed by atoms with van der Waals surface area (Å²) in [5.41, 5.74) is 9.82. The zero-order chi connectivity index (χ0) is 13.0. The monoisotopic (exact) mass is 235 g/mol. The molecule has 0 aromatic heterocycles. The van der Waals surface area contributed by atoms with E-state index in [0.29, 0.717) is 0 Å². The van der Waals surface area contributed by atoms with Crippen LogP contribution in [0.4, 0.5) is 0 Å². The summed E-state index contributed by atoms with van der Waals surface area (Å²) in [6.07, 6.45) is 2.27. The highest BCUT2D eigenvalue weighted by Gasteiger charge is 2.15. The lowest BCUT2D eigenvalue weighted by Crippen LogP contribution is -2.15. The molecule has 0 bridgehead atoms. The van der Waals surface area contributed by atoms with Gasteiger partial charge in [-0.15, -0.1) is 0 Å². The Labute approximate surface area is 105 Å². The molecule has 2 N–H and O–H groups in total. The minimum Gasteiger partial charge on any atom is -0.490 e. The van der Waals surface area contributed by atoms with Crippen LogP contribution in [0.5, 0.6) is 5.75 Å². The lowest BCUT2D eigenvalue weighted by Gasteiger charge is -2.21. The molecule has 0 aliphatic rings. The van der Waals surface area contributed by atoms with Gasteiger partial charge in [0.05, 0.1) is 6.10 Å². The van der Waals surface area contributed by atoms with Gasteiger partial charge < -0.3 is 10.5 Å². The molecule has 1 rings (SSSR count). The lowest BCUT2D eigenvalue weighted by atomic mass is 9.97. The van der Waals surface area contributed by atoms with Crippen molar-refractivity contribution in [2.75, 3.05) is 0 Å². The van der Waals surface area contributed by atoms with Gasteiger partial charge in [0.2, 0.25) is 0 Å². The molecule has 0 saturated carbocycles. The van der Waals surface area contributed by atoms with Crippen LogP contribution in [-0.4, -0.2) is 6.10 Å². The number of ether oxygens (including phenoxy) is 1. The Morgan fingerprint density at radius 3 is 2.41 bits per heavy atom. The Bertz CT molecular complexity index is 371. The number of benzene rings is 1. The van der Waals surface area contributed by atoms with Crippen LogP contribution < -0.4 is 10.5 Å². The first kappa shape index (κ1) is 14.0. The van der Waals surface area contributed by atoms with Gasteiger partial charge in [0.25, 0.3) is 0 Å². The smallest absolute Gasteiger partial charge is 0.127 e. The average molecular weight is 235 g/mol. The third-order valence-corrected chi connectivity index (χ3v) is 2.80. The summed E-state index contributed by atoms with van der Waals surface area (Å²) < 4.78 is 5.92. The summed E-state index contributed by atoms with van der Waals surface area (Å²) in [6, 6.07) is 4.39. The summed E-state index contributed by atoms with van der Waals surface area (Å²) in [4.78, 5) is 0. The van der Waals surface area contributed by atoms with E-state index in [2.05, 4.69) is 46.8 Å². The fourth-order valence-corrected chi connectivity index (χ4v) is 2.13. The van der Waals surface area contributed by atoms with Gasteiger partial charge in [0, 0.05) is 11.6 Å². The van der Waals surface area contributed by atoms with Crippen LogP contribution in [-0.2, 0) is 0 Å². The van der Waals surface area contributed by atoms with Gasteiger partial charge >= 0.3 is 0 Å². The molecule has 2 heteroatoms. The molecule has 0 radical (unpaired) electrons. The molecular formula is C15H25NO. The van der Waals surface area contributed by atoms with E-state index in [0.717, 1.165) is 24.2 Å². The van der Waals surface area contributed by atoms with E-state index in [1.54, 1.807) is 0 Å². The van der Waals surface area contributed by atoms with Gasteiger partial charge in [-0.1, -0.05) is 31.0 Å². The van der Waals surface area contributed by atoms with Crippen molar-refractivity contribution >= 4 is 0 Å². The van der Waals surface area contributed by atoms with E-state index in [1.807, 2.05) is 0 Å². The van der Waals surface area contributed by atoms with E-state index < -0.39 is 0 Å². The first-order chi connectivity index (χ1) is 7.95. The summed E-state index contributed by atoms with van der Waals surface area (Å²) in [5.74, 6) is 0.978. The largest absolute Gasteiger partial charge is 0.490 e. The lowest BCUT2D eigenvalue weighted by molar-refractivity contribution is 0.236. The first-order valence-corrected chi connectivity index (χ1v) is 6.49. The van der Waals surface area contributed by atoms with E-state index in [1.165, 1.54) is 11.1 Å². The van der Waals surface area contributed by atoms with Crippen LogP contribution in [0.15, 0.2) is 12.1 Å². The van der Waals surface area contributed by atoms with Crippen LogP contribution >= 0.6 is 0 Å². The van der Waals surface area contributed by atoms with Crippen molar-refractivity contribution in [2.45, 2.75) is 59.6 Å². The molecule has 96 valence electrons. The summed E-state index contributed by atoms with van der Waals surface area (Å²) in [5, 5.41) is 0. The molecule has 0 spiro atoms. The number of hydrogen-bond donors (Lipinski definition) is 1. The standard InChI is InChI=1S/C15H25NO/c1-6-7-14(16)13-9-11(4)8-12(5)15(13)17-10(2)3/h8-10,14H,6-7,16H2,1-5H3. The quantitative estimate of drug-likeness (QED) is 0.840. The SMILES string of the molecule is CCCC(N)c1cc(C)cc(C)c1OC(C)C. The highest BCUT2D eigenvalue weighted by molar-refractivity contribution is 5.45. The Kier molecular flexibility index (Phi) is 5.01. The molecule has 0 heterocycles. The van der Waals surface area contributed by atoms with Crippen LogP contribution in [0.25, 0.3) is 0 Å². The van der Waals surface area contributed by atoms with Crippen molar-refractivity contribution < 1.29 is 4.74 Å². The minimum atomic E-state index is 0.0762. The van der Waals surface area contributed by atoms with Crippen molar-refractivity contribution in [1.29, 1.82) is 0 Å². The van der Waals surface area contributed by atoms with Gasteiger partial charge in [-0.25, -0.2) is 0 Å². The molecule has 1 aromatic rings. The fourth-order valence-electron chi connectivity index (χ4n) is 2.13. The zero-order valence-electron chi connectivity index (χ0n) is 11.7. The van der Waals surface area contributed by atoms with Gasteiger partial charge in [-0.2, -0.15) is 0 Å². The molecule has 0 saturated heterocycles. The molecule has 1 unspecified atom stereocenters. The Balaban J connectivity index is 3.15. The predicted octanol–water partition coefficient (Wildman–Crippen LogP) is 3.89. The third-order valence-electron chi connectivity index (χ3n) is 2.80. The number of hydrogen-bond acceptors (Lipinski definition) is 2. The average Bonchev–Trinajstić information content (AvgIpc) is 2.21. The van der Waals surface area contributed by atoms with Crippen LogP contribution in [0, 0.1) is 13.8 Å². The van der Waals surface area contributed by atoms with Crippen LogP contribution in [0.1, 0.15) is 56.3 Å². The molecule has 0 amide bonds. The summed E-state index contributed by atoms with van der Waals surface area (Å²) >= 11 is 0. The molecule has 0 aliphatic carbocycles. The maximum atomic E-state index is 6.24. The molecule has 1 aromatic carbocycles. The van der Waals surface area contributed by atoms with Crippen LogP contribution in [0.3, 0.4) is 0 Å². The fraction of sp³-hybridized carbons (Fsp3) is 0.600. The van der Waals surface area contributed by atoms with Gasteiger partial charge in [-0.3, -0.25) is 0 Å². The molecule has 0 fully saturated rings. The Hall–Kier alpha value is -1.02. The Morgan fingerprint density at radius 1 is 1.24 bits per heavy atom. The number of nitrogens with two attached hydrogens (primary N) is 1. The van der Waals surface area contributed by atoms with Gasteiger partial charge in [0.15, 0.2) is 0 Å². The van der Waals surface area contributed by atoms with Crippen molar-refractivity contribution in [3.05, 3.63) is 28.8 Å². The first-order valence-electron chi connectivity index (χ1n) is 6.49.